The molecule has 1 aromatic heterocycles. The summed E-state index contributed by atoms with van der Waals surface area (Å²) in [5, 5.41) is 3.85. The van der Waals surface area contributed by atoms with Gasteiger partial charge in [0.05, 0.1) is 12.6 Å². The van der Waals surface area contributed by atoms with Gasteiger partial charge in [0.1, 0.15) is 12.3 Å². The molecule has 0 spiro atoms. The summed E-state index contributed by atoms with van der Waals surface area (Å²) in [5.74, 6) is 0.326. The maximum absolute atomic E-state index is 12.7. The van der Waals surface area contributed by atoms with E-state index in [1.54, 1.807) is 19.2 Å². The Labute approximate surface area is 158 Å². The van der Waals surface area contributed by atoms with Gasteiger partial charge in [0, 0.05) is 17.1 Å². The predicted molar refractivity (Wildman–Crippen MR) is 109 cm³/mol. The second-order valence-electron chi connectivity index (χ2n) is 6.93. The lowest BCUT2D eigenvalue weighted by Gasteiger charge is -2.16. The van der Waals surface area contributed by atoms with Gasteiger partial charge in [0.25, 0.3) is 5.56 Å². The number of benzene rings is 2. The summed E-state index contributed by atoms with van der Waals surface area (Å²) in [6.07, 6.45) is 0. The minimum atomic E-state index is -0.247. The van der Waals surface area contributed by atoms with Crippen molar-refractivity contribution in [2.75, 3.05) is 12.4 Å². The Morgan fingerprint density at radius 2 is 1.70 bits per heavy atom. The van der Waals surface area contributed by atoms with E-state index in [1.807, 2.05) is 52.0 Å². The van der Waals surface area contributed by atoms with Crippen molar-refractivity contribution in [1.82, 2.24) is 4.57 Å². The first-order valence-corrected chi connectivity index (χ1v) is 8.86. The first-order chi connectivity index (χ1) is 12.8. The smallest absolute Gasteiger partial charge is 0.251 e. The van der Waals surface area contributed by atoms with Crippen molar-refractivity contribution < 1.29 is 9.53 Å². The summed E-state index contributed by atoms with van der Waals surface area (Å²) < 4.78 is 6.91. The first-order valence-electron chi connectivity index (χ1n) is 8.86. The van der Waals surface area contributed by atoms with Crippen LogP contribution in [-0.2, 0) is 11.3 Å². The van der Waals surface area contributed by atoms with Crippen molar-refractivity contribution in [3.63, 3.8) is 0 Å². The summed E-state index contributed by atoms with van der Waals surface area (Å²) in [5.41, 5.74) is 5.21. The topological polar surface area (TPSA) is 60.3 Å². The Morgan fingerprint density at radius 3 is 2.33 bits per heavy atom. The summed E-state index contributed by atoms with van der Waals surface area (Å²) in [4.78, 5) is 25.4. The Balaban J connectivity index is 2.02. The monoisotopic (exact) mass is 364 g/mol. The number of aryl methyl sites for hydroxylation is 4. The van der Waals surface area contributed by atoms with Gasteiger partial charge in [-0.15, -0.1) is 0 Å². The van der Waals surface area contributed by atoms with E-state index < -0.39 is 0 Å². The summed E-state index contributed by atoms with van der Waals surface area (Å²) in [6, 6.07) is 11.2. The highest BCUT2D eigenvalue weighted by atomic mass is 16.5. The highest BCUT2D eigenvalue weighted by Gasteiger charge is 2.15. The first kappa shape index (κ1) is 18.7. The fourth-order valence-corrected chi connectivity index (χ4v) is 3.59. The van der Waals surface area contributed by atoms with Crippen LogP contribution in [0.25, 0.3) is 10.9 Å². The zero-order chi connectivity index (χ0) is 19.7. The van der Waals surface area contributed by atoms with Crippen LogP contribution in [-0.4, -0.2) is 17.6 Å². The third kappa shape index (κ3) is 3.58. The van der Waals surface area contributed by atoms with E-state index in [2.05, 4.69) is 5.32 Å². The molecule has 0 atom stereocenters. The molecular formula is C22H24N2O3. The summed E-state index contributed by atoms with van der Waals surface area (Å²) in [7, 11) is 1.56. The number of amides is 1. The Bertz CT molecular complexity index is 1070. The number of methoxy groups -OCH3 is 1. The largest absolute Gasteiger partial charge is 0.495 e. The molecule has 0 radical (unpaired) electrons. The van der Waals surface area contributed by atoms with Crippen LogP contribution in [0, 0.1) is 27.7 Å². The number of hydrogen-bond acceptors (Lipinski definition) is 3. The molecule has 27 heavy (non-hydrogen) atoms. The molecule has 0 aliphatic heterocycles. The average molecular weight is 364 g/mol. The standard InChI is InChI=1S/C22H24N2O3/c1-13-9-15(3)21(16(4)10-13)23-19(25)12-24-20(26)11-14(2)17-7-6-8-18(27-5)22(17)24/h6-11H,12H2,1-5H3,(H,23,25). The van der Waals surface area contributed by atoms with E-state index >= 15 is 0 Å². The Hall–Kier alpha value is -3.08. The number of hydrogen-bond donors (Lipinski definition) is 1. The van der Waals surface area contributed by atoms with Crippen molar-refractivity contribution in [2.45, 2.75) is 34.2 Å². The quantitative estimate of drug-likeness (QED) is 0.764. The normalized spacial score (nSPS) is 10.9. The number of ether oxygens (including phenoxy) is 1. The van der Waals surface area contributed by atoms with E-state index in [-0.39, 0.29) is 18.0 Å². The van der Waals surface area contributed by atoms with Gasteiger partial charge in [-0.1, -0.05) is 29.8 Å². The zero-order valence-corrected chi connectivity index (χ0v) is 16.3. The SMILES string of the molecule is COc1cccc2c(C)cc(=O)n(CC(=O)Nc3c(C)cc(C)cc3C)c12. The molecule has 5 heteroatoms. The molecule has 0 aliphatic carbocycles. The molecule has 3 rings (SSSR count). The molecule has 3 aromatic rings. The van der Waals surface area contributed by atoms with Crippen LogP contribution < -0.4 is 15.6 Å². The van der Waals surface area contributed by atoms with E-state index in [0.29, 0.717) is 11.3 Å². The number of anilines is 1. The van der Waals surface area contributed by atoms with Crippen molar-refractivity contribution in [2.24, 2.45) is 0 Å². The molecule has 1 amide bonds. The summed E-state index contributed by atoms with van der Waals surface area (Å²) >= 11 is 0. The zero-order valence-electron chi connectivity index (χ0n) is 16.3. The van der Waals surface area contributed by atoms with Gasteiger partial charge in [-0.25, -0.2) is 0 Å². The summed E-state index contributed by atoms with van der Waals surface area (Å²) in [6.45, 7) is 7.75. The van der Waals surface area contributed by atoms with Crippen LogP contribution in [0.2, 0.25) is 0 Å². The number of nitrogens with zero attached hydrogens (tertiary/aromatic N) is 1. The molecule has 0 aliphatic rings. The molecule has 0 saturated carbocycles. The number of aromatic nitrogens is 1. The van der Waals surface area contributed by atoms with Gasteiger partial charge in [-0.2, -0.15) is 0 Å². The van der Waals surface area contributed by atoms with Crippen LogP contribution in [0.4, 0.5) is 5.69 Å². The second-order valence-corrected chi connectivity index (χ2v) is 6.93. The highest BCUT2D eigenvalue weighted by Crippen LogP contribution is 2.27. The molecule has 1 heterocycles. The van der Waals surface area contributed by atoms with Crippen molar-refractivity contribution in [3.8, 4) is 5.75 Å². The number of rotatable bonds is 4. The van der Waals surface area contributed by atoms with Gasteiger partial charge in [-0.3, -0.25) is 14.2 Å². The van der Waals surface area contributed by atoms with Crippen molar-refractivity contribution in [3.05, 3.63) is 69.0 Å². The van der Waals surface area contributed by atoms with Crippen LogP contribution >= 0.6 is 0 Å². The van der Waals surface area contributed by atoms with Gasteiger partial charge in [0.15, 0.2) is 0 Å². The lowest BCUT2D eigenvalue weighted by atomic mass is 10.1. The van der Waals surface area contributed by atoms with Gasteiger partial charge < -0.3 is 10.1 Å². The average Bonchev–Trinajstić information content (AvgIpc) is 2.61. The number of carbonyl (C=O) groups excluding carboxylic acids is 1. The molecule has 5 nitrogen and oxygen atoms in total. The molecule has 1 N–H and O–H groups in total. The van der Waals surface area contributed by atoms with Crippen LogP contribution in [0.15, 0.2) is 41.2 Å². The van der Waals surface area contributed by atoms with E-state index in [1.165, 1.54) is 4.57 Å². The second kappa shape index (κ2) is 7.27. The van der Waals surface area contributed by atoms with Crippen LogP contribution in [0.3, 0.4) is 0 Å². The molecule has 0 fully saturated rings. The van der Waals surface area contributed by atoms with Crippen molar-refractivity contribution in [1.29, 1.82) is 0 Å². The maximum atomic E-state index is 12.7. The molecule has 140 valence electrons. The van der Waals surface area contributed by atoms with Gasteiger partial charge in [0.2, 0.25) is 5.91 Å². The van der Waals surface area contributed by atoms with E-state index in [0.717, 1.165) is 33.3 Å². The predicted octanol–water partition coefficient (Wildman–Crippen LogP) is 3.88. The third-order valence-electron chi connectivity index (χ3n) is 4.76. The molecular weight excluding hydrogens is 340 g/mol. The fraction of sp³-hybridized carbons (Fsp3) is 0.273. The number of nitrogens with one attached hydrogen (secondary N) is 1. The van der Waals surface area contributed by atoms with Crippen LogP contribution in [0.1, 0.15) is 22.3 Å². The Morgan fingerprint density at radius 1 is 1.04 bits per heavy atom. The number of carbonyl (C=O) groups is 1. The lowest BCUT2D eigenvalue weighted by Crippen LogP contribution is -2.28. The molecule has 0 bridgehead atoms. The number of para-hydroxylation sites is 1. The minimum absolute atomic E-state index is 0.0806. The van der Waals surface area contributed by atoms with E-state index in [9.17, 15) is 9.59 Å². The number of fused-ring (bicyclic) bond motifs is 1. The maximum Gasteiger partial charge on any atom is 0.251 e. The Kier molecular flexibility index (Phi) is 5.04. The number of pyridine rings is 1. The van der Waals surface area contributed by atoms with E-state index in [4.69, 9.17) is 4.74 Å². The van der Waals surface area contributed by atoms with Crippen LogP contribution in [0.5, 0.6) is 5.75 Å². The molecule has 2 aromatic carbocycles. The van der Waals surface area contributed by atoms with Gasteiger partial charge >= 0.3 is 0 Å². The third-order valence-corrected chi connectivity index (χ3v) is 4.76. The highest BCUT2D eigenvalue weighted by molar-refractivity contribution is 5.94. The fourth-order valence-electron chi connectivity index (χ4n) is 3.59. The molecule has 0 unspecified atom stereocenters. The van der Waals surface area contributed by atoms with Gasteiger partial charge in [-0.05, 0) is 50.5 Å². The molecule has 0 saturated heterocycles. The minimum Gasteiger partial charge on any atom is -0.495 e. The van der Waals surface area contributed by atoms with Crippen molar-refractivity contribution >= 4 is 22.5 Å². The lowest BCUT2D eigenvalue weighted by molar-refractivity contribution is -0.116.